The van der Waals surface area contributed by atoms with Gasteiger partial charge in [-0.05, 0) is 12.8 Å². The molecule has 0 aromatic rings. The van der Waals surface area contributed by atoms with Gasteiger partial charge in [-0.25, -0.2) is 5.48 Å². The van der Waals surface area contributed by atoms with E-state index in [0.717, 1.165) is 6.42 Å². The minimum Gasteiger partial charge on any atom is -0.480 e. The smallest absolute Gasteiger partial charge is 0.320 e. The number of carboxylic acid groups (broad SMARTS) is 1. The molecule has 0 aliphatic heterocycles. The van der Waals surface area contributed by atoms with Gasteiger partial charge < -0.3 is 10.8 Å². The first kappa shape index (κ1) is 12.9. The Hall–Kier alpha value is -1.14. The molecule has 0 saturated heterocycles. The van der Waals surface area contributed by atoms with Crippen molar-refractivity contribution in [3.63, 3.8) is 0 Å². The average molecular weight is 204 g/mol. The van der Waals surface area contributed by atoms with Gasteiger partial charge >= 0.3 is 5.97 Å². The molecule has 1 amide bonds. The van der Waals surface area contributed by atoms with Crippen molar-refractivity contribution in [2.24, 2.45) is 5.73 Å². The predicted octanol–water partition coefficient (Wildman–Crippen LogP) is -0.146. The van der Waals surface area contributed by atoms with Gasteiger partial charge in [-0.2, -0.15) is 0 Å². The number of unbranched alkanes of at least 4 members (excludes halogenated alkanes) is 2. The van der Waals surface area contributed by atoms with E-state index in [0.29, 0.717) is 19.3 Å². The highest BCUT2D eigenvalue weighted by molar-refractivity contribution is 5.74. The van der Waals surface area contributed by atoms with Crippen LogP contribution in [0.4, 0.5) is 0 Å². The Balaban J connectivity index is 3.30. The molecule has 0 rings (SSSR count). The van der Waals surface area contributed by atoms with Crippen molar-refractivity contribution in [3.05, 3.63) is 0 Å². The van der Waals surface area contributed by atoms with Crippen LogP contribution in [0.15, 0.2) is 0 Å². The zero-order valence-corrected chi connectivity index (χ0v) is 7.90. The molecule has 0 unspecified atom stereocenters. The van der Waals surface area contributed by atoms with Gasteiger partial charge in [0.05, 0.1) is 0 Å². The van der Waals surface area contributed by atoms with E-state index in [-0.39, 0.29) is 6.42 Å². The Morgan fingerprint density at radius 1 is 1.29 bits per heavy atom. The second-order valence-corrected chi connectivity index (χ2v) is 3.08. The molecule has 0 fully saturated rings. The molecule has 6 nitrogen and oxygen atoms in total. The van der Waals surface area contributed by atoms with E-state index in [4.69, 9.17) is 16.0 Å². The van der Waals surface area contributed by atoms with Gasteiger partial charge in [-0.1, -0.05) is 12.8 Å². The molecular formula is C8H16N2O4. The summed E-state index contributed by atoms with van der Waals surface area (Å²) >= 11 is 0. The van der Waals surface area contributed by atoms with E-state index >= 15 is 0 Å². The number of hydrogen-bond donors (Lipinski definition) is 4. The van der Waals surface area contributed by atoms with Crippen molar-refractivity contribution in [3.8, 4) is 0 Å². The van der Waals surface area contributed by atoms with E-state index in [1.807, 2.05) is 0 Å². The lowest BCUT2D eigenvalue weighted by molar-refractivity contribution is -0.138. The topological polar surface area (TPSA) is 113 Å². The average Bonchev–Trinajstić information content (AvgIpc) is 2.16. The number of amides is 1. The van der Waals surface area contributed by atoms with Crippen LogP contribution < -0.4 is 11.2 Å². The SMILES string of the molecule is N[C@@H](CCCCCC(=O)NO)C(=O)O. The van der Waals surface area contributed by atoms with Crippen LogP contribution >= 0.6 is 0 Å². The lowest BCUT2D eigenvalue weighted by Crippen LogP contribution is -2.29. The monoisotopic (exact) mass is 204 g/mol. The molecular weight excluding hydrogens is 188 g/mol. The molecule has 0 aromatic carbocycles. The van der Waals surface area contributed by atoms with Crippen molar-refractivity contribution in [2.75, 3.05) is 0 Å². The van der Waals surface area contributed by atoms with E-state index in [1.54, 1.807) is 0 Å². The van der Waals surface area contributed by atoms with E-state index in [2.05, 4.69) is 0 Å². The van der Waals surface area contributed by atoms with E-state index in [1.165, 1.54) is 5.48 Å². The number of hydroxylamine groups is 1. The van der Waals surface area contributed by atoms with Crippen LogP contribution in [-0.2, 0) is 9.59 Å². The van der Waals surface area contributed by atoms with E-state index in [9.17, 15) is 9.59 Å². The summed E-state index contributed by atoms with van der Waals surface area (Å²) in [5.74, 6) is -1.43. The minimum atomic E-state index is -1.00. The number of carbonyl (C=O) groups is 2. The van der Waals surface area contributed by atoms with Crippen molar-refractivity contribution in [2.45, 2.75) is 38.1 Å². The number of nitrogens with one attached hydrogen (secondary N) is 1. The Morgan fingerprint density at radius 2 is 1.93 bits per heavy atom. The molecule has 0 aromatic heterocycles. The summed E-state index contributed by atoms with van der Waals surface area (Å²) in [5.41, 5.74) is 6.79. The van der Waals surface area contributed by atoms with Crippen LogP contribution in [0, 0.1) is 0 Å². The van der Waals surface area contributed by atoms with Gasteiger partial charge in [0.25, 0.3) is 0 Å². The number of carboxylic acids is 1. The molecule has 0 aliphatic rings. The number of rotatable bonds is 7. The first-order valence-electron chi connectivity index (χ1n) is 4.49. The third kappa shape index (κ3) is 6.38. The summed E-state index contributed by atoms with van der Waals surface area (Å²) in [4.78, 5) is 20.8. The van der Waals surface area contributed by atoms with Crippen LogP contribution in [0.1, 0.15) is 32.1 Å². The van der Waals surface area contributed by atoms with Gasteiger partial charge in [0, 0.05) is 6.42 Å². The quantitative estimate of drug-likeness (QED) is 0.262. The minimum absolute atomic E-state index is 0.249. The highest BCUT2D eigenvalue weighted by Crippen LogP contribution is 2.04. The maximum Gasteiger partial charge on any atom is 0.320 e. The lowest BCUT2D eigenvalue weighted by Gasteiger charge is -2.05. The van der Waals surface area contributed by atoms with E-state index < -0.39 is 17.9 Å². The Labute approximate surface area is 82.0 Å². The Bertz CT molecular complexity index is 196. The molecule has 5 N–H and O–H groups in total. The first-order valence-corrected chi connectivity index (χ1v) is 4.49. The van der Waals surface area contributed by atoms with Gasteiger partial charge in [0.1, 0.15) is 6.04 Å². The van der Waals surface area contributed by atoms with Gasteiger partial charge in [0.15, 0.2) is 0 Å². The van der Waals surface area contributed by atoms with Gasteiger partial charge in [-0.15, -0.1) is 0 Å². The Kier molecular flexibility index (Phi) is 6.69. The third-order valence-electron chi connectivity index (χ3n) is 1.86. The number of carbonyl (C=O) groups excluding carboxylic acids is 1. The van der Waals surface area contributed by atoms with Crippen molar-refractivity contribution < 1.29 is 19.9 Å². The second-order valence-electron chi connectivity index (χ2n) is 3.08. The molecule has 0 saturated carbocycles. The fourth-order valence-corrected chi connectivity index (χ4v) is 1.01. The van der Waals surface area contributed by atoms with Gasteiger partial charge in [-0.3, -0.25) is 14.8 Å². The summed E-state index contributed by atoms with van der Waals surface area (Å²) in [7, 11) is 0. The fourth-order valence-electron chi connectivity index (χ4n) is 1.01. The summed E-state index contributed by atoms with van der Waals surface area (Å²) in [6, 6.07) is -0.818. The van der Waals surface area contributed by atoms with Gasteiger partial charge in [0.2, 0.25) is 5.91 Å². The molecule has 0 aliphatic carbocycles. The highest BCUT2D eigenvalue weighted by atomic mass is 16.5. The normalized spacial score (nSPS) is 12.1. The molecule has 1 atom stereocenters. The predicted molar refractivity (Wildman–Crippen MR) is 48.6 cm³/mol. The maximum atomic E-state index is 10.5. The summed E-state index contributed by atoms with van der Waals surface area (Å²) < 4.78 is 0. The fraction of sp³-hybridized carbons (Fsp3) is 0.750. The number of nitrogens with two attached hydrogens (primary N) is 1. The van der Waals surface area contributed by atoms with Crippen molar-refractivity contribution in [1.29, 1.82) is 0 Å². The molecule has 0 heterocycles. The highest BCUT2D eigenvalue weighted by Gasteiger charge is 2.10. The third-order valence-corrected chi connectivity index (χ3v) is 1.86. The van der Waals surface area contributed by atoms with Crippen LogP contribution in [0.5, 0.6) is 0 Å². The molecule has 0 spiro atoms. The number of aliphatic carboxylic acids is 1. The summed E-state index contributed by atoms with van der Waals surface area (Å²) in [5, 5.41) is 16.6. The first-order chi connectivity index (χ1) is 6.57. The maximum absolute atomic E-state index is 10.5. The second kappa shape index (κ2) is 7.28. The van der Waals surface area contributed by atoms with Crippen LogP contribution in [0.3, 0.4) is 0 Å². The molecule has 82 valence electrons. The van der Waals surface area contributed by atoms with Crippen molar-refractivity contribution >= 4 is 11.9 Å². The van der Waals surface area contributed by atoms with Crippen molar-refractivity contribution in [1.82, 2.24) is 5.48 Å². The van der Waals surface area contributed by atoms with Crippen LogP contribution in [0.25, 0.3) is 0 Å². The summed E-state index contributed by atoms with van der Waals surface area (Å²) in [6.45, 7) is 0. The lowest BCUT2D eigenvalue weighted by atomic mass is 10.1. The zero-order valence-electron chi connectivity index (χ0n) is 7.90. The molecule has 0 radical (unpaired) electrons. The van der Waals surface area contributed by atoms with Crippen LogP contribution in [-0.4, -0.2) is 28.2 Å². The largest absolute Gasteiger partial charge is 0.480 e. The molecule has 14 heavy (non-hydrogen) atoms. The molecule has 6 heteroatoms. The molecule has 0 bridgehead atoms. The number of hydrogen-bond acceptors (Lipinski definition) is 4. The standard InChI is InChI=1S/C8H16N2O4/c9-6(8(12)13)4-2-1-3-5-7(11)10-14/h6,14H,1-5,9H2,(H,10,11)(H,12,13)/t6-/m0/s1. The van der Waals surface area contributed by atoms with Crippen LogP contribution in [0.2, 0.25) is 0 Å². The Morgan fingerprint density at radius 3 is 2.43 bits per heavy atom. The summed E-state index contributed by atoms with van der Waals surface area (Å²) in [6.07, 6.45) is 2.69. The zero-order chi connectivity index (χ0) is 11.0.